The second kappa shape index (κ2) is 7.61. The number of nitrogens with one attached hydrogen (secondary N) is 2. The molecule has 2 aliphatic rings. The van der Waals surface area contributed by atoms with E-state index in [-0.39, 0.29) is 17.2 Å². The van der Waals surface area contributed by atoms with Gasteiger partial charge in [0.1, 0.15) is 0 Å². The molecule has 2 aliphatic heterocycles. The Morgan fingerprint density at radius 2 is 2.08 bits per heavy atom. The third-order valence-corrected chi connectivity index (χ3v) is 6.03. The third-order valence-electron chi connectivity index (χ3n) is 5.49. The molecule has 2 heterocycles. The second-order valence-corrected chi connectivity index (χ2v) is 7.79. The highest BCUT2D eigenvalue weighted by Crippen LogP contribution is 2.39. The molecular weight excluding hydrogens is 347 g/mol. The minimum atomic E-state index is -0.187. The lowest BCUT2D eigenvalue weighted by Gasteiger charge is -2.39. The van der Waals surface area contributed by atoms with Gasteiger partial charge in [-0.3, -0.25) is 4.79 Å². The maximum Gasteiger partial charge on any atom is 0.223 e. The van der Waals surface area contributed by atoms with E-state index in [0.29, 0.717) is 35.7 Å². The fourth-order valence-corrected chi connectivity index (χ4v) is 4.13. The number of hydrogen-bond donors (Lipinski definition) is 2. The summed E-state index contributed by atoms with van der Waals surface area (Å²) in [5.41, 5.74) is 0.864. The predicted octanol–water partition coefficient (Wildman–Crippen LogP) is 3.01. The first-order valence-corrected chi connectivity index (χ1v) is 9.29. The predicted molar refractivity (Wildman–Crippen MR) is 96.7 cm³/mol. The third kappa shape index (κ3) is 3.72. The van der Waals surface area contributed by atoms with Crippen molar-refractivity contribution in [1.29, 1.82) is 0 Å². The highest BCUT2D eigenvalue weighted by molar-refractivity contribution is 6.35. The Bertz CT molecular complexity index is 599. The number of amides is 1. The molecule has 1 atom stereocenters. The Labute approximate surface area is 153 Å². The molecule has 2 saturated heterocycles. The number of halogens is 2. The van der Waals surface area contributed by atoms with Crippen LogP contribution in [0.5, 0.6) is 0 Å². The van der Waals surface area contributed by atoms with Crippen molar-refractivity contribution in [3.05, 3.63) is 33.8 Å². The first-order valence-electron chi connectivity index (χ1n) is 8.53. The molecule has 24 heavy (non-hydrogen) atoms. The lowest BCUT2D eigenvalue weighted by molar-refractivity contribution is -0.127. The molecule has 1 aromatic carbocycles. The van der Waals surface area contributed by atoms with E-state index < -0.39 is 0 Å². The molecule has 4 nitrogen and oxygen atoms in total. The average Bonchev–Trinajstić information content (AvgIpc) is 2.51. The Hall–Kier alpha value is -0.810. The Morgan fingerprint density at radius 3 is 2.67 bits per heavy atom. The van der Waals surface area contributed by atoms with Gasteiger partial charge in [-0.2, -0.15) is 0 Å². The summed E-state index contributed by atoms with van der Waals surface area (Å²) in [6, 6.07) is 5.63. The molecule has 2 N–H and O–H groups in total. The maximum atomic E-state index is 12.5. The standard InChI is InChI=1S/C18H24Cl2N2O2/c1-12(13-9-21-10-13)17(23)22-11-18(4-6-24-7-5-18)15-3-2-14(19)8-16(15)20/h2-3,8,12-13,21H,4-7,9-11H2,1H3,(H,22,23). The van der Waals surface area contributed by atoms with Crippen molar-refractivity contribution in [2.24, 2.45) is 11.8 Å². The fourth-order valence-electron chi connectivity index (χ4n) is 3.52. The van der Waals surface area contributed by atoms with Crippen molar-refractivity contribution in [3.63, 3.8) is 0 Å². The molecule has 2 fully saturated rings. The number of rotatable bonds is 5. The zero-order valence-electron chi connectivity index (χ0n) is 13.9. The molecule has 132 valence electrons. The monoisotopic (exact) mass is 370 g/mol. The van der Waals surface area contributed by atoms with Crippen LogP contribution in [0, 0.1) is 11.8 Å². The van der Waals surface area contributed by atoms with Crippen molar-refractivity contribution in [3.8, 4) is 0 Å². The van der Waals surface area contributed by atoms with Crippen LogP contribution < -0.4 is 10.6 Å². The summed E-state index contributed by atoms with van der Waals surface area (Å²) < 4.78 is 5.54. The van der Waals surface area contributed by atoms with Crippen LogP contribution in [-0.4, -0.2) is 38.8 Å². The first-order chi connectivity index (χ1) is 11.5. The summed E-state index contributed by atoms with van der Waals surface area (Å²) in [6.07, 6.45) is 1.68. The molecule has 6 heteroatoms. The molecule has 1 unspecified atom stereocenters. The topological polar surface area (TPSA) is 50.4 Å². The van der Waals surface area contributed by atoms with Crippen LogP contribution in [0.2, 0.25) is 10.0 Å². The molecule has 1 aromatic rings. The van der Waals surface area contributed by atoms with Gasteiger partial charge in [0.05, 0.1) is 0 Å². The fraction of sp³-hybridized carbons (Fsp3) is 0.611. The summed E-state index contributed by atoms with van der Waals surface area (Å²) in [6.45, 7) is 5.80. The van der Waals surface area contributed by atoms with E-state index in [1.54, 1.807) is 6.07 Å². The Kier molecular flexibility index (Phi) is 5.70. The number of carbonyl (C=O) groups is 1. The van der Waals surface area contributed by atoms with E-state index in [2.05, 4.69) is 10.6 Å². The van der Waals surface area contributed by atoms with Gasteiger partial charge in [0.15, 0.2) is 0 Å². The van der Waals surface area contributed by atoms with Crippen LogP contribution in [0.3, 0.4) is 0 Å². The highest BCUT2D eigenvalue weighted by Gasteiger charge is 2.37. The number of ether oxygens (including phenoxy) is 1. The van der Waals surface area contributed by atoms with Gasteiger partial charge in [-0.25, -0.2) is 0 Å². The van der Waals surface area contributed by atoms with E-state index in [1.807, 2.05) is 19.1 Å². The van der Waals surface area contributed by atoms with Gasteiger partial charge < -0.3 is 15.4 Å². The van der Waals surface area contributed by atoms with Crippen molar-refractivity contribution in [2.75, 3.05) is 32.8 Å². The molecule has 0 aliphatic carbocycles. The van der Waals surface area contributed by atoms with Crippen LogP contribution in [0.25, 0.3) is 0 Å². The Morgan fingerprint density at radius 1 is 1.38 bits per heavy atom. The largest absolute Gasteiger partial charge is 0.381 e. The van der Waals surface area contributed by atoms with Crippen LogP contribution in [0.4, 0.5) is 0 Å². The van der Waals surface area contributed by atoms with E-state index in [4.69, 9.17) is 27.9 Å². The van der Waals surface area contributed by atoms with Gasteiger partial charge in [0.25, 0.3) is 0 Å². The lowest BCUT2D eigenvalue weighted by atomic mass is 9.74. The van der Waals surface area contributed by atoms with E-state index in [0.717, 1.165) is 31.5 Å². The molecular formula is C18H24Cl2N2O2. The minimum absolute atomic E-state index is 0.0313. The van der Waals surface area contributed by atoms with Crippen LogP contribution in [0.15, 0.2) is 18.2 Å². The second-order valence-electron chi connectivity index (χ2n) is 6.94. The van der Waals surface area contributed by atoms with Crippen LogP contribution in [0.1, 0.15) is 25.3 Å². The normalized spacial score (nSPS) is 21.8. The van der Waals surface area contributed by atoms with Crippen molar-refractivity contribution in [2.45, 2.75) is 25.2 Å². The van der Waals surface area contributed by atoms with E-state index in [1.165, 1.54) is 0 Å². The van der Waals surface area contributed by atoms with Crippen LogP contribution >= 0.6 is 23.2 Å². The highest BCUT2D eigenvalue weighted by atomic mass is 35.5. The SMILES string of the molecule is CC(C(=O)NCC1(c2ccc(Cl)cc2Cl)CCOCC1)C1CNC1. The summed E-state index contributed by atoms with van der Waals surface area (Å²) in [5.74, 6) is 0.594. The van der Waals surface area contributed by atoms with Gasteiger partial charge in [-0.05, 0) is 49.5 Å². The first kappa shape index (κ1) is 18.0. The summed E-state index contributed by atoms with van der Waals surface area (Å²) >= 11 is 12.5. The average molecular weight is 371 g/mol. The molecule has 3 rings (SSSR count). The zero-order valence-corrected chi connectivity index (χ0v) is 15.4. The molecule has 0 aromatic heterocycles. The smallest absolute Gasteiger partial charge is 0.223 e. The van der Waals surface area contributed by atoms with Gasteiger partial charge in [-0.1, -0.05) is 36.2 Å². The molecule has 0 spiro atoms. The summed E-state index contributed by atoms with van der Waals surface area (Å²) in [4.78, 5) is 12.5. The Balaban J connectivity index is 1.74. The van der Waals surface area contributed by atoms with Gasteiger partial charge >= 0.3 is 0 Å². The van der Waals surface area contributed by atoms with Crippen molar-refractivity contribution in [1.82, 2.24) is 10.6 Å². The van der Waals surface area contributed by atoms with E-state index in [9.17, 15) is 4.79 Å². The van der Waals surface area contributed by atoms with Crippen molar-refractivity contribution >= 4 is 29.1 Å². The summed E-state index contributed by atoms with van der Waals surface area (Å²) in [5, 5.41) is 7.68. The van der Waals surface area contributed by atoms with E-state index >= 15 is 0 Å². The van der Waals surface area contributed by atoms with Gasteiger partial charge in [0, 0.05) is 41.1 Å². The van der Waals surface area contributed by atoms with Crippen LogP contribution in [-0.2, 0) is 14.9 Å². The van der Waals surface area contributed by atoms with Crippen molar-refractivity contribution < 1.29 is 9.53 Å². The number of carbonyl (C=O) groups excluding carboxylic acids is 1. The van der Waals surface area contributed by atoms with Gasteiger partial charge in [-0.15, -0.1) is 0 Å². The number of hydrogen-bond acceptors (Lipinski definition) is 3. The lowest BCUT2D eigenvalue weighted by Crippen LogP contribution is -2.52. The minimum Gasteiger partial charge on any atom is -0.381 e. The quantitative estimate of drug-likeness (QED) is 0.837. The number of benzene rings is 1. The molecule has 0 radical (unpaired) electrons. The summed E-state index contributed by atoms with van der Waals surface area (Å²) in [7, 11) is 0. The van der Waals surface area contributed by atoms with Gasteiger partial charge in [0.2, 0.25) is 5.91 Å². The molecule has 0 saturated carbocycles. The molecule has 1 amide bonds. The zero-order chi connectivity index (χ0) is 17.2. The molecule has 0 bridgehead atoms. The maximum absolute atomic E-state index is 12.5.